The lowest BCUT2D eigenvalue weighted by Crippen LogP contribution is -2.34. The minimum absolute atomic E-state index is 0.282. The molecule has 4 nitrogen and oxygen atoms in total. The fourth-order valence-corrected chi connectivity index (χ4v) is 2.19. The summed E-state index contributed by atoms with van der Waals surface area (Å²) >= 11 is 11.8. The standard InChI is InChI=1S/C16H15Cl2FN2O2/c1-21(8-9-23-13-5-3-12(19)4-6-13)16(22)20-15-7-2-11(17)10-14(15)18/h2-7,10H,8-9H2,1H3,(H,20,22). The molecule has 7 heteroatoms. The highest BCUT2D eigenvalue weighted by molar-refractivity contribution is 6.36. The Labute approximate surface area is 143 Å². The van der Waals surface area contributed by atoms with Crippen LogP contribution in [0.4, 0.5) is 14.9 Å². The quantitative estimate of drug-likeness (QED) is 0.845. The molecular formula is C16H15Cl2FN2O2. The number of carbonyl (C=O) groups is 1. The van der Waals surface area contributed by atoms with Gasteiger partial charge in [0, 0.05) is 12.1 Å². The van der Waals surface area contributed by atoms with E-state index in [1.54, 1.807) is 25.2 Å². The molecule has 2 rings (SSSR count). The summed E-state index contributed by atoms with van der Waals surface area (Å²) in [6.45, 7) is 0.637. The summed E-state index contributed by atoms with van der Waals surface area (Å²) in [4.78, 5) is 13.5. The van der Waals surface area contributed by atoms with Crippen LogP contribution in [0.5, 0.6) is 5.75 Å². The van der Waals surface area contributed by atoms with Crippen molar-refractivity contribution in [3.8, 4) is 5.75 Å². The molecule has 0 aromatic heterocycles. The number of hydrogen-bond acceptors (Lipinski definition) is 2. The maximum Gasteiger partial charge on any atom is 0.321 e. The van der Waals surface area contributed by atoms with E-state index in [1.807, 2.05) is 0 Å². The number of benzene rings is 2. The second kappa shape index (κ2) is 8.04. The van der Waals surface area contributed by atoms with Gasteiger partial charge in [0.1, 0.15) is 18.2 Å². The van der Waals surface area contributed by atoms with Crippen molar-refractivity contribution in [2.24, 2.45) is 0 Å². The number of urea groups is 1. The first-order valence-electron chi connectivity index (χ1n) is 6.81. The monoisotopic (exact) mass is 356 g/mol. The first-order valence-corrected chi connectivity index (χ1v) is 7.57. The smallest absolute Gasteiger partial charge is 0.321 e. The van der Waals surface area contributed by atoms with Crippen molar-refractivity contribution in [3.63, 3.8) is 0 Å². The van der Waals surface area contributed by atoms with Gasteiger partial charge in [-0.2, -0.15) is 0 Å². The first-order chi connectivity index (χ1) is 11.0. The van der Waals surface area contributed by atoms with Gasteiger partial charge in [-0.05, 0) is 42.5 Å². The fourth-order valence-electron chi connectivity index (χ4n) is 1.73. The Kier molecular flexibility index (Phi) is 6.07. The number of carbonyl (C=O) groups excluding carboxylic acids is 1. The summed E-state index contributed by atoms with van der Waals surface area (Å²) in [6.07, 6.45) is 0. The average Bonchev–Trinajstić information content (AvgIpc) is 2.51. The zero-order valence-electron chi connectivity index (χ0n) is 12.4. The van der Waals surface area contributed by atoms with Crippen LogP contribution in [0.25, 0.3) is 0 Å². The zero-order valence-corrected chi connectivity index (χ0v) is 13.9. The third-order valence-electron chi connectivity index (χ3n) is 3.03. The summed E-state index contributed by atoms with van der Waals surface area (Å²) in [5.74, 6) is 0.217. The molecule has 2 aromatic rings. The average molecular weight is 357 g/mol. The van der Waals surface area contributed by atoms with E-state index in [-0.39, 0.29) is 18.5 Å². The number of nitrogens with zero attached hydrogens (tertiary/aromatic N) is 1. The molecule has 23 heavy (non-hydrogen) atoms. The van der Waals surface area contributed by atoms with Crippen LogP contribution in [0.3, 0.4) is 0 Å². The van der Waals surface area contributed by atoms with Gasteiger partial charge in [0.15, 0.2) is 0 Å². The highest BCUT2D eigenvalue weighted by Gasteiger charge is 2.11. The van der Waals surface area contributed by atoms with Crippen molar-refractivity contribution >= 4 is 34.9 Å². The molecule has 0 aliphatic carbocycles. The van der Waals surface area contributed by atoms with Gasteiger partial charge in [-0.25, -0.2) is 9.18 Å². The third-order valence-corrected chi connectivity index (χ3v) is 3.58. The Balaban J connectivity index is 1.81. The van der Waals surface area contributed by atoms with Gasteiger partial charge < -0.3 is 15.0 Å². The Morgan fingerprint density at radius 1 is 1.22 bits per heavy atom. The molecule has 0 aliphatic heterocycles. The van der Waals surface area contributed by atoms with Crippen molar-refractivity contribution in [1.29, 1.82) is 0 Å². The van der Waals surface area contributed by atoms with Gasteiger partial charge in [-0.15, -0.1) is 0 Å². The van der Waals surface area contributed by atoms with Crippen molar-refractivity contribution in [2.75, 3.05) is 25.5 Å². The second-order valence-electron chi connectivity index (χ2n) is 4.78. The Bertz CT molecular complexity index is 680. The van der Waals surface area contributed by atoms with E-state index in [0.29, 0.717) is 28.0 Å². The van der Waals surface area contributed by atoms with Crippen LogP contribution in [0.2, 0.25) is 10.0 Å². The molecular weight excluding hydrogens is 342 g/mol. The van der Waals surface area contributed by atoms with E-state index in [1.165, 1.54) is 29.2 Å². The maximum absolute atomic E-state index is 12.8. The van der Waals surface area contributed by atoms with Crippen molar-refractivity contribution in [2.45, 2.75) is 0 Å². The molecule has 0 heterocycles. The van der Waals surface area contributed by atoms with E-state index in [9.17, 15) is 9.18 Å². The topological polar surface area (TPSA) is 41.6 Å². The zero-order chi connectivity index (χ0) is 16.8. The molecule has 0 spiro atoms. The summed E-state index contributed by atoms with van der Waals surface area (Å²) in [5, 5.41) is 3.54. The number of amides is 2. The van der Waals surface area contributed by atoms with Gasteiger partial charge >= 0.3 is 6.03 Å². The normalized spacial score (nSPS) is 10.3. The van der Waals surface area contributed by atoms with Crippen LogP contribution in [0.1, 0.15) is 0 Å². The molecule has 122 valence electrons. The van der Waals surface area contributed by atoms with Crippen molar-refractivity contribution in [3.05, 3.63) is 58.3 Å². The van der Waals surface area contributed by atoms with Crippen molar-refractivity contribution < 1.29 is 13.9 Å². The molecule has 0 bridgehead atoms. The number of hydrogen-bond donors (Lipinski definition) is 1. The lowest BCUT2D eigenvalue weighted by atomic mass is 10.3. The maximum atomic E-state index is 12.8. The van der Waals surface area contributed by atoms with E-state index in [4.69, 9.17) is 27.9 Å². The lowest BCUT2D eigenvalue weighted by Gasteiger charge is -2.18. The van der Waals surface area contributed by atoms with Crippen LogP contribution in [0.15, 0.2) is 42.5 Å². The fraction of sp³-hybridized carbons (Fsp3) is 0.188. The predicted molar refractivity (Wildman–Crippen MR) is 90.0 cm³/mol. The molecule has 0 saturated heterocycles. The van der Waals surface area contributed by atoms with Gasteiger partial charge in [0.2, 0.25) is 0 Å². The van der Waals surface area contributed by atoms with E-state index >= 15 is 0 Å². The molecule has 2 aromatic carbocycles. The highest BCUT2D eigenvalue weighted by atomic mass is 35.5. The largest absolute Gasteiger partial charge is 0.492 e. The number of likely N-dealkylation sites (N-methyl/N-ethyl adjacent to an activating group) is 1. The number of ether oxygens (including phenoxy) is 1. The first kappa shape index (κ1) is 17.4. The Morgan fingerprint density at radius 3 is 2.57 bits per heavy atom. The number of rotatable bonds is 5. The molecule has 1 N–H and O–H groups in total. The number of anilines is 1. The van der Waals surface area contributed by atoms with Crippen molar-refractivity contribution in [1.82, 2.24) is 4.90 Å². The molecule has 0 fully saturated rings. The SMILES string of the molecule is CN(CCOc1ccc(F)cc1)C(=O)Nc1ccc(Cl)cc1Cl. The molecule has 0 atom stereocenters. The molecule has 0 radical (unpaired) electrons. The van der Waals surface area contributed by atoms with Gasteiger partial charge in [0.05, 0.1) is 17.3 Å². The minimum Gasteiger partial charge on any atom is -0.492 e. The summed E-state index contributed by atoms with van der Waals surface area (Å²) in [5.41, 5.74) is 0.479. The van der Waals surface area contributed by atoms with E-state index in [0.717, 1.165) is 0 Å². The molecule has 0 unspecified atom stereocenters. The Hall–Kier alpha value is -1.98. The highest BCUT2D eigenvalue weighted by Crippen LogP contribution is 2.25. The van der Waals surface area contributed by atoms with Crippen LogP contribution in [-0.2, 0) is 0 Å². The van der Waals surface area contributed by atoms with E-state index in [2.05, 4.69) is 5.32 Å². The van der Waals surface area contributed by atoms with Gasteiger partial charge in [0.25, 0.3) is 0 Å². The van der Waals surface area contributed by atoms with Gasteiger partial charge in [-0.1, -0.05) is 23.2 Å². The van der Waals surface area contributed by atoms with E-state index < -0.39 is 0 Å². The van der Waals surface area contributed by atoms with Gasteiger partial charge in [-0.3, -0.25) is 0 Å². The number of nitrogens with one attached hydrogen (secondary N) is 1. The van der Waals surface area contributed by atoms with Crippen LogP contribution in [-0.4, -0.2) is 31.1 Å². The van der Waals surface area contributed by atoms with Crippen LogP contribution in [0, 0.1) is 5.82 Å². The summed E-state index contributed by atoms with van der Waals surface area (Å²) in [7, 11) is 1.63. The minimum atomic E-state index is -0.325. The summed E-state index contributed by atoms with van der Waals surface area (Å²) < 4.78 is 18.2. The predicted octanol–water partition coefficient (Wildman–Crippen LogP) is 4.68. The van der Waals surface area contributed by atoms with Crippen LogP contribution >= 0.6 is 23.2 Å². The molecule has 2 amide bonds. The van der Waals surface area contributed by atoms with Crippen LogP contribution < -0.4 is 10.1 Å². The Morgan fingerprint density at radius 2 is 1.91 bits per heavy atom. The third kappa shape index (κ3) is 5.30. The molecule has 0 aliphatic rings. The second-order valence-corrected chi connectivity index (χ2v) is 5.62. The summed E-state index contributed by atoms with van der Waals surface area (Å²) in [6, 6.07) is 10.2. The lowest BCUT2D eigenvalue weighted by molar-refractivity contribution is 0.207. The number of halogens is 3. The molecule has 0 saturated carbocycles.